The van der Waals surface area contributed by atoms with Crippen LogP contribution in [0.25, 0.3) is 21.2 Å². The summed E-state index contributed by atoms with van der Waals surface area (Å²) >= 11 is 1.71. The highest BCUT2D eigenvalue weighted by Crippen LogP contribution is 2.39. The number of fused-ring (bicyclic) bond motifs is 1. The van der Waals surface area contributed by atoms with Crippen molar-refractivity contribution < 1.29 is 24.1 Å². The average molecular weight is 535 g/mol. The Morgan fingerprint density at radius 1 is 1.00 bits per heavy atom. The number of ether oxygens (including phenoxy) is 3. The summed E-state index contributed by atoms with van der Waals surface area (Å²) in [6.45, 7) is 3.17. The average Bonchev–Trinajstić information content (AvgIpc) is 3.31. The quantitative estimate of drug-likeness (QED) is 0.168. The molecule has 1 atom stereocenters. The number of hydrogen-bond acceptors (Lipinski definition) is 5. The van der Waals surface area contributed by atoms with Crippen LogP contribution in [0.5, 0.6) is 11.5 Å². The summed E-state index contributed by atoms with van der Waals surface area (Å²) in [6, 6.07) is 21.9. The van der Waals surface area contributed by atoms with Crippen LogP contribution in [0.3, 0.4) is 0 Å². The zero-order chi connectivity index (χ0) is 25.3. The van der Waals surface area contributed by atoms with E-state index in [0.717, 1.165) is 39.1 Å². The van der Waals surface area contributed by atoms with Gasteiger partial charge in [0.1, 0.15) is 24.7 Å². The molecule has 0 fully saturated rings. The number of para-hydroxylation sites is 1. The molecule has 0 aliphatic heterocycles. The maximum absolute atomic E-state index is 11.1. The van der Waals surface area contributed by atoms with Gasteiger partial charge in [-0.2, -0.15) is 13.5 Å². The van der Waals surface area contributed by atoms with Crippen LogP contribution in [0.2, 0.25) is 0 Å². The minimum absolute atomic E-state index is 0. The molecule has 0 saturated carbocycles. The van der Waals surface area contributed by atoms with Crippen molar-refractivity contribution in [3.63, 3.8) is 0 Å². The van der Waals surface area contributed by atoms with Crippen molar-refractivity contribution in [3.05, 3.63) is 83.2 Å². The maximum Gasteiger partial charge on any atom is 0.304 e. The minimum atomic E-state index is -0.865. The fourth-order valence-electron chi connectivity index (χ4n) is 3.99. The van der Waals surface area contributed by atoms with E-state index in [-0.39, 0.29) is 25.8 Å². The molecule has 0 aliphatic carbocycles. The van der Waals surface area contributed by atoms with Crippen LogP contribution in [0.1, 0.15) is 30.4 Å². The molecule has 7 heteroatoms. The minimum Gasteiger partial charge on any atom is -0.491 e. The molecule has 37 heavy (non-hydrogen) atoms. The van der Waals surface area contributed by atoms with Crippen molar-refractivity contribution in [1.29, 1.82) is 0 Å². The first-order valence-corrected chi connectivity index (χ1v) is 12.5. The Bertz CT molecular complexity index is 1380. The van der Waals surface area contributed by atoms with E-state index in [1.807, 2.05) is 42.5 Å². The van der Waals surface area contributed by atoms with E-state index >= 15 is 0 Å². The molecule has 0 bridgehead atoms. The molecule has 0 spiro atoms. The second-order valence-electron chi connectivity index (χ2n) is 8.22. The van der Waals surface area contributed by atoms with Crippen molar-refractivity contribution in [3.8, 4) is 34.5 Å². The Morgan fingerprint density at radius 2 is 1.78 bits per heavy atom. The van der Waals surface area contributed by atoms with Crippen molar-refractivity contribution >= 4 is 40.9 Å². The Balaban J connectivity index is 0.00000380. The van der Waals surface area contributed by atoms with E-state index in [9.17, 15) is 4.79 Å². The van der Waals surface area contributed by atoms with Gasteiger partial charge >= 0.3 is 5.97 Å². The van der Waals surface area contributed by atoms with Crippen molar-refractivity contribution in [2.75, 3.05) is 20.3 Å². The number of carboxylic acids is 1. The topological polar surface area (TPSA) is 65.0 Å². The maximum atomic E-state index is 11.1. The van der Waals surface area contributed by atoms with Gasteiger partial charge in [-0.05, 0) is 53.8 Å². The number of carboxylic acid groups (broad SMARTS) is 1. The van der Waals surface area contributed by atoms with Crippen LogP contribution in [-0.2, 0) is 16.1 Å². The molecule has 0 saturated heterocycles. The van der Waals surface area contributed by atoms with Gasteiger partial charge in [0.15, 0.2) is 0 Å². The molecule has 192 valence electrons. The Hall–Kier alpha value is -3.44. The van der Waals surface area contributed by atoms with E-state index in [4.69, 9.17) is 19.3 Å². The lowest BCUT2D eigenvalue weighted by molar-refractivity contribution is -0.137. The SMILES string of the molecule is CC#C[C@@H](CC(=O)O)c1ccc(OCc2ccc3scc(-c4ccccc4OCCOC)c3c2)cc1.S. The molecule has 0 amide bonds. The predicted molar refractivity (Wildman–Crippen MR) is 154 cm³/mol. The molecule has 0 aliphatic rings. The summed E-state index contributed by atoms with van der Waals surface area (Å²) in [6.07, 6.45) is -0.0232. The normalized spacial score (nSPS) is 11.2. The summed E-state index contributed by atoms with van der Waals surface area (Å²) in [7, 11) is 1.66. The van der Waals surface area contributed by atoms with Crippen LogP contribution in [0.4, 0.5) is 0 Å². The highest BCUT2D eigenvalue weighted by atomic mass is 32.1. The van der Waals surface area contributed by atoms with Gasteiger partial charge in [0.2, 0.25) is 0 Å². The van der Waals surface area contributed by atoms with E-state index < -0.39 is 5.97 Å². The van der Waals surface area contributed by atoms with E-state index in [1.165, 1.54) is 4.70 Å². The van der Waals surface area contributed by atoms with Crippen LogP contribution >= 0.6 is 24.8 Å². The highest BCUT2D eigenvalue weighted by molar-refractivity contribution is 7.59. The van der Waals surface area contributed by atoms with Gasteiger partial charge in [-0.3, -0.25) is 4.79 Å². The Kier molecular flexibility index (Phi) is 10.5. The second kappa shape index (κ2) is 13.8. The van der Waals surface area contributed by atoms with Gasteiger partial charge in [0.25, 0.3) is 0 Å². The molecule has 1 N–H and O–H groups in total. The van der Waals surface area contributed by atoms with Crippen molar-refractivity contribution in [2.45, 2.75) is 25.9 Å². The highest BCUT2D eigenvalue weighted by Gasteiger charge is 2.14. The summed E-state index contributed by atoms with van der Waals surface area (Å²) in [5, 5.41) is 12.5. The molecule has 0 radical (unpaired) electrons. The van der Waals surface area contributed by atoms with Crippen molar-refractivity contribution in [2.24, 2.45) is 0 Å². The number of methoxy groups -OCH3 is 1. The van der Waals surface area contributed by atoms with E-state index in [2.05, 4.69) is 41.5 Å². The number of rotatable bonds is 11. The van der Waals surface area contributed by atoms with Gasteiger partial charge < -0.3 is 19.3 Å². The zero-order valence-electron chi connectivity index (χ0n) is 20.8. The van der Waals surface area contributed by atoms with Gasteiger partial charge in [0, 0.05) is 28.3 Å². The summed E-state index contributed by atoms with van der Waals surface area (Å²) in [4.78, 5) is 11.1. The molecule has 4 rings (SSSR count). The summed E-state index contributed by atoms with van der Waals surface area (Å²) in [5.41, 5.74) is 4.12. The molecule has 1 aromatic heterocycles. The van der Waals surface area contributed by atoms with E-state index in [1.54, 1.807) is 25.4 Å². The van der Waals surface area contributed by atoms with Crippen molar-refractivity contribution in [1.82, 2.24) is 0 Å². The number of benzene rings is 3. The van der Waals surface area contributed by atoms with Crippen LogP contribution in [0.15, 0.2) is 72.1 Å². The largest absolute Gasteiger partial charge is 0.491 e. The monoisotopic (exact) mass is 534 g/mol. The van der Waals surface area contributed by atoms with Gasteiger partial charge in [-0.15, -0.1) is 17.3 Å². The standard InChI is InChI=1S/C30H28O5S.H2S/c1-3-6-23(18-30(31)32)22-10-12-24(13-11-22)35-19-21-9-14-29-26(17-21)27(20-36-29)25-7-4-5-8-28(25)34-16-15-33-2;/h4-5,7-14,17,20,23H,15-16,18-19H2,1-2H3,(H,31,32);1H2/t23-;/m0./s1. The number of hydrogen-bond donors (Lipinski definition) is 1. The lowest BCUT2D eigenvalue weighted by atomic mass is 9.96. The Labute approximate surface area is 228 Å². The third kappa shape index (κ3) is 7.30. The van der Waals surface area contributed by atoms with Crippen LogP contribution in [0, 0.1) is 11.8 Å². The number of aliphatic carboxylic acids is 1. The molecular formula is C30H30O5S2. The van der Waals surface area contributed by atoms with Gasteiger partial charge in [-0.1, -0.05) is 42.3 Å². The first-order chi connectivity index (χ1) is 17.6. The fourth-order valence-corrected chi connectivity index (χ4v) is 4.93. The second-order valence-corrected chi connectivity index (χ2v) is 9.13. The lowest BCUT2D eigenvalue weighted by Gasteiger charge is -2.12. The molecule has 0 unspecified atom stereocenters. The zero-order valence-corrected chi connectivity index (χ0v) is 22.6. The molecule has 4 aromatic rings. The number of carbonyl (C=O) groups is 1. The third-order valence-electron chi connectivity index (χ3n) is 5.75. The van der Waals surface area contributed by atoms with Crippen LogP contribution in [-0.4, -0.2) is 31.4 Å². The predicted octanol–water partition coefficient (Wildman–Crippen LogP) is 6.87. The van der Waals surface area contributed by atoms with Gasteiger partial charge in [-0.25, -0.2) is 0 Å². The molecule has 5 nitrogen and oxygen atoms in total. The van der Waals surface area contributed by atoms with Crippen LogP contribution < -0.4 is 9.47 Å². The fraction of sp³-hybridized carbons (Fsp3) is 0.233. The first kappa shape index (κ1) is 28.1. The van der Waals surface area contributed by atoms with E-state index in [0.29, 0.717) is 19.8 Å². The smallest absolute Gasteiger partial charge is 0.304 e. The molecule has 3 aromatic carbocycles. The summed E-state index contributed by atoms with van der Waals surface area (Å²) < 4.78 is 18.3. The molecular weight excluding hydrogens is 504 g/mol. The first-order valence-electron chi connectivity index (χ1n) is 11.7. The molecule has 1 heterocycles. The van der Waals surface area contributed by atoms with Gasteiger partial charge in [0.05, 0.1) is 18.9 Å². The summed E-state index contributed by atoms with van der Waals surface area (Å²) in [5.74, 6) is 6.16. The lowest BCUT2D eigenvalue weighted by Crippen LogP contribution is -2.05. The third-order valence-corrected chi connectivity index (χ3v) is 6.71. The Morgan fingerprint density at radius 3 is 2.51 bits per heavy atom. The number of thiophene rings is 1.